The molecular formula is C25H38O4. The zero-order valence-electron chi connectivity index (χ0n) is 17.9. The second kappa shape index (κ2) is 15.7. The summed E-state index contributed by atoms with van der Waals surface area (Å²) in [6, 6.07) is 3.14. The van der Waals surface area contributed by atoms with E-state index in [4.69, 9.17) is 5.11 Å². The number of benzene rings is 1. The average Bonchev–Trinajstić information content (AvgIpc) is 2.67. The van der Waals surface area contributed by atoms with E-state index in [0.29, 0.717) is 6.42 Å². The molecule has 1 aromatic rings. The molecule has 0 spiro atoms. The van der Waals surface area contributed by atoms with Gasteiger partial charge in [0.15, 0.2) is 0 Å². The molecule has 1 aromatic carbocycles. The molecule has 0 atom stereocenters. The number of aryl methyl sites for hydroxylation is 1. The summed E-state index contributed by atoms with van der Waals surface area (Å²) in [7, 11) is 0. The van der Waals surface area contributed by atoms with Gasteiger partial charge in [-0.25, -0.2) is 0 Å². The van der Waals surface area contributed by atoms with E-state index in [1.54, 1.807) is 6.07 Å². The Labute approximate surface area is 176 Å². The van der Waals surface area contributed by atoms with E-state index in [1.807, 2.05) is 6.92 Å². The highest BCUT2D eigenvalue weighted by atomic mass is 16.4. The summed E-state index contributed by atoms with van der Waals surface area (Å²) in [5, 5.41) is 27.9. The van der Waals surface area contributed by atoms with Gasteiger partial charge in [0.2, 0.25) is 0 Å². The van der Waals surface area contributed by atoms with Gasteiger partial charge in [-0.3, -0.25) is 4.79 Å². The predicted molar refractivity (Wildman–Crippen MR) is 120 cm³/mol. The normalized spacial score (nSPS) is 11.6. The molecule has 0 bridgehead atoms. The summed E-state index contributed by atoms with van der Waals surface area (Å²) < 4.78 is 0. The molecular weight excluding hydrogens is 364 g/mol. The average molecular weight is 403 g/mol. The molecule has 0 aliphatic carbocycles. The highest BCUT2D eigenvalue weighted by Gasteiger charge is 2.05. The van der Waals surface area contributed by atoms with Crippen molar-refractivity contribution in [2.45, 2.75) is 90.4 Å². The van der Waals surface area contributed by atoms with Crippen molar-refractivity contribution < 1.29 is 20.1 Å². The quantitative estimate of drug-likeness (QED) is 0.209. The third-order valence-corrected chi connectivity index (χ3v) is 5.16. The molecule has 29 heavy (non-hydrogen) atoms. The fourth-order valence-corrected chi connectivity index (χ4v) is 3.33. The van der Waals surface area contributed by atoms with Gasteiger partial charge in [-0.15, -0.1) is 0 Å². The predicted octanol–water partition coefficient (Wildman–Crippen LogP) is 6.83. The summed E-state index contributed by atoms with van der Waals surface area (Å²) in [6.45, 7) is 1.89. The Morgan fingerprint density at radius 3 is 2.07 bits per heavy atom. The number of hydrogen-bond donors (Lipinski definition) is 3. The van der Waals surface area contributed by atoms with Crippen LogP contribution >= 0.6 is 0 Å². The van der Waals surface area contributed by atoms with E-state index in [9.17, 15) is 15.0 Å². The molecule has 0 aliphatic heterocycles. The number of carbonyl (C=O) groups is 1. The Bertz CT molecular complexity index is 646. The van der Waals surface area contributed by atoms with Crippen LogP contribution in [0.2, 0.25) is 0 Å². The number of hydrogen-bond acceptors (Lipinski definition) is 3. The van der Waals surface area contributed by atoms with Gasteiger partial charge in [0.05, 0.1) is 0 Å². The minimum atomic E-state index is -0.689. The fourth-order valence-electron chi connectivity index (χ4n) is 3.33. The highest BCUT2D eigenvalue weighted by Crippen LogP contribution is 2.27. The van der Waals surface area contributed by atoms with E-state index in [-0.39, 0.29) is 11.5 Å². The lowest BCUT2D eigenvalue weighted by molar-refractivity contribution is -0.137. The maximum absolute atomic E-state index is 10.4. The minimum absolute atomic E-state index is 0.134. The Hall–Kier alpha value is -2.23. The van der Waals surface area contributed by atoms with Crippen LogP contribution in [0.3, 0.4) is 0 Å². The maximum atomic E-state index is 10.4. The van der Waals surface area contributed by atoms with Crippen LogP contribution in [-0.2, 0) is 11.2 Å². The van der Waals surface area contributed by atoms with Crippen molar-refractivity contribution >= 4 is 5.97 Å². The number of carboxylic acid groups (broad SMARTS) is 1. The molecule has 0 heterocycles. The first-order valence-electron chi connectivity index (χ1n) is 11.0. The third kappa shape index (κ3) is 12.8. The second-order valence-electron chi connectivity index (χ2n) is 7.73. The van der Waals surface area contributed by atoms with E-state index in [2.05, 4.69) is 24.3 Å². The second-order valence-corrected chi connectivity index (χ2v) is 7.73. The first-order chi connectivity index (χ1) is 14.0. The summed E-state index contributed by atoms with van der Waals surface area (Å²) in [5.41, 5.74) is 1.90. The molecule has 4 nitrogen and oxygen atoms in total. The number of phenolic OH excluding ortho intramolecular Hbond substituents is 2. The Kier molecular flexibility index (Phi) is 13.4. The van der Waals surface area contributed by atoms with E-state index >= 15 is 0 Å². The topological polar surface area (TPSA) is 77.8 Å². The maximum Gasteiger partial charge on any atom is 0.303 e. The van der Waals surface area contributed by atoms with Gasteiger partial charge in [-0.1, -0.05) is 50.0 Å². The molecule has 0 saturated carbocycles. The first kappa shape index (κ1) is 24.8. The molecule has 3 N–H and O–H groups in total. The van der Waals surface area contributed by atoms with Crippen LogP contribution in [-0.4, -0.2) is 21.3 Å². The lowest BCUT2D eigenvalue weighted by Gasteiger charge is -2.08. The molecule has 0 amide bonds. The van der Waals surface area contributed by atoms with Gasteiger partial charge in [0.25, 0.3) is 0 Å². The van der Waals surface area contributed by atoms with E-state index in [1.165, 1.54) is 18.9 Å². The first-order valence-corrected chi connectivity index (χ1v) is 11.0. The SMILES string of the molecule is Cc1c(O)cc(O)cc1CCCCC/C=C\C/C=C\CCCCCCCC(=O)O. The van der Waals surface area contributed by atoms with Crippen molar-refractivity contribution in [2.24, 2.45) is 0 Å². The number of aromatic hydroxyl groups is 2. The number of aliphatic carboxylic acids is 1. The van der Waals surface area contributed by atoms with E-state index in [0.717, 1.165) is 75.3 Å². The van der Waals surface area contributed by atoms with Gasteiger partial charge in [-0.05, 0) is 75.5 Å². The minimum Gasteiger partial charge on any atom is -0.508 e. The summed E-state index contributed by atoms with van der Waals surface area (Å²) in [6.07, 6.45) is 22.0. The Morgan fingerprint density at radius 2 is 1.41 bits per heavy atom. The van der Waals surface area contributed by atoms with Crippen molar-refractivity contribution in [3.05, 3.63) is 47.6 Å². The van der Waals surface area contributed by atoms with Crippen LogP contribution in [0.15, 0.2) is 36.4 Å². The molecule has 0 unspecified atom stereocenters. The van der Waals surface area contributed by atoms with Gasteiger partial charge in [-0.2, -0.15) is 0 Å². The number of phenols is 2. The third-order valence-electron chi connectivity index (χ3n) is 5.16. The smallest absolute Gasteiger partial charge is 0.303 e. The lowest BCUT2D eigenvalue weighted by Crippen LogP contribution is -1.93. The fraction of sp³-hybridized carbons (Fsp3) is 0.560. The highest BCUT2D eigenvalue weighted by molar-refractivity contribution is 5.66. The monoisotopic (exact) mass is 402 g/mol. The molecule has 4 heteroatoms. The molecule has 0 fully saturated rings. The van der Waals surface area contributed by atoms with Crippen LogP contribution in [0.4, 0.5) is 0 Å². The Balaban J connectivity index is 1.95. The van der Waals surface area contributed by atoms with Crippen LogP contribution in [0, 0.1) is 6.92 Å². The summed E-state index contributed by atoms with van der Waals surface area (Å²) in [5.74, 6) is -0.382. The van der Waals surface area contributed by atoms with Gasteiger partial charge in [0, 0.05) is 12.5 Å². The summed E-state index contributed by atoms with van der Waals surface area (Å²) in [4.78, 5) is 10.4. The van der Waals surface area contributed by atoms with Crippen molar-refractivity contribution in [1.29, 1.82) is 0 Å². The number of unbranched alkanes of at least 4 members (excludes halogenated alkanes) is 8. The number of carboxylic acids is 1. The molecule has 0 radical (unpaired) electrons. The number of rotatable bonds is 16. The molecule has 0 aliphatic rings. The van der Waals surface area contributed by atoms with Crippen LogP contribution in [0.5, 0.6) is 11.5 Å². The van der Waals surface area contributed by atoms with Crippen molar-refractivity contribution in [3.8, 4) is 11.5 Å². The van der Waals surface area contributed by atoms with Crippen LogP contribution in [0.25, 0.3) is 0 Å². The number of allylic oxidation sites excluding steroid dienone is 4. The molecule has 0 saturated heterocycles. The molecule has 1 rings (SSSR count). The van der Waals surface area contributed by atoms with Gasteiger partial charge >= 0.3 is 5.97 Å². The van der Waals surface area contributed by atoms with Gasteiger partial charge in [0.1, 0.15) is 11.5 Å². The van der Waals surface area contributed by atoms with Crippen LogP contribution in [0.1, 0.15) is 88.2 Å². The largest absolute Gasteiger partial charge is 0.508 e. The van der Waals surface area contributed by atoms with Crippen molar-refractivity contribution in [1.82, 2.24) is 0 Å². The zero-order valence-corrected chi connectivity index (χ0v) is 17.9. The van der Waals surface area contributed by atoms with Gasteiger partial charge < -0.3 is 15.3 Å². The Morgan fingerprint density at radius 1 is 0.828 bits per heavy atom. The van der Waals surface area contributed by atoms with Crippen molar-refractivity contribution in [3.63, 3.8) is 0 Å². The van der Waals surface area contributed by atoms with E-state index < -0.39 is 5.97 Å². The molecule has 0 aromatic heterocycles. The molecule has 162 valence electrons. The standard InChI is InChI=1S/C25H38O4/c1-21-22(19-23(26)20-24(21)27)17-15-13-11-9-7-5-3-2-4-6-8-10-12-14-16-18-25(28)29/h2,4-5,7,19-20,26-27H,3,6,8-18H2,1H3,(H,28,29)/b4-2-,7-5-. The van der Waals surface area contributed by atoms with Crippen LogP contribution < -0.4 is 0 Å². The lowest BCUT2D eigenvalue weighted by atomic mass is 10.0. The van der Waals surface area contributed by atoms with Crippen molar-refractivity contribution in [2.75, 3.05) is 0 Å². The summed E-state index contributed by atoms with van der Waals surface area (Å²) >= 11 is 0. The zero-order chi connectivity index (χ0) is 21.3.